The lowest BCUT2D eigenvalue weighted by Crippen LogP contribution is -2.21. The number of amides is 3. The number of carbonyl (C=O) groups excluding carboxylic acids is 2. The lowest BCUT2D eigenvalue weighted by molar-refractivity contribution is 0.0827. The van der Waals surface area contributed by atoms with E-state index in [0.717, 1.165) is 5.69 Å². The van der Waals surface area contributed by atoms with E-state index in [1.807, 2.05) is 43.3 Å². The molecule has 43 heavy (non-hydrogen) atoms. The van der Waals surface area contributed by atoms with E-state index in [0.29, 0.717) is 28.1 Å². The first-order valence-electron chi connectivity index (χ1n) is 13.5. The molecule has 0 spiro atoms. The van der Waals surface area contributed by atoms with Crippen LogP contribution in [0.5, 0.6) is 5.75 Å². The Kier molecular flexibility index (Phi) is 9.56. The fraction of sp³-hybridized carbons (Fsp3) is 0.188. The van der Waals surface area contributed by atoms with Crippen LogP contribution in [0.1, 0.15) is 17.3 Å². The van der Waals surface area contributed by atoms with Crippen molar-refractivity contribution < 1.29 is 22.7 Å². The van der Waals surface area contributed by atoms with Gasteiger partial charge in [-0.15, -0.1) is 0 Å². The number of benzene rings is 4. The van der Waals surface area contributed by atoms with Crippen LogP contribution in [0.2, 0.25) is 0 Å². The Morgan fingerprint density at radius 2 is 1.37 bits per heavy atom. The summed E-state index contributed by atoms with van der Waals surface area (Å²) in [5.41, 5.74) is 3.95. The molecule has 11 heteroatoms. The molecule has 0 aliphatic carbocycles. The van der Waals surface area contributed by atoms with E-state index < -0.39 is 16.1 Å². The van der Waals surface area contributed by atoms with Gasteiger partial charge in [0.15, 0.2) is 0 Å². The van der Waals surface area contributed by atoms with Gasteiger partial charge in [0.25, 0.3) is 15.9 Å². The van der Waals surface area contributed by atoms with E-state index in [1.165, 1.54) is 17.0 Å². The summed E-state index contributed by atoms with van der Waals surface area (Å²) in [6.07, 6.45) is 0. The van der Waals surface area contributed by atoms with Gasteiger partial charge in [0.05, 0.1) is 12.3 Å². The van der Waals surface area contributed by atoms with Gasteiger partial charge in [-0.2, -0.15) is 0 Å². The Hall–Kier alpha value is -5.03. The first-order chi connectivity index (χ1) is 20.5. The standard InChI is InChI=1S/C32H35N5O5S/c1-6-42-29-17-16-23(22-10-7-11-24(18-22)31(38)37(4)5)19-30(29)43(40,41)35-27-14-8-12-25(20-27)33-32(39)34-26-13-9-15-28(21-26)36(2)3/h7-21,35H,6H2,1-5H3,(H2,33,34,39). The summed E-state index contributed by atoms with van der Waals surface area (Å²) in [7, 11) is 3.03. The van der Waals surface area contributed by atoms with Gasteiger partial charge in [-0.05, 0) is 78.7 Å². The average molecular weight is 602 g/mol. The molecular formula is C32H35N5O5S. The predicted molar refractivity (Wildman–Crippen MR) is 172 cm³/mol. The number of anilines is 4. The quantitative estimate of drug-likeness (QED) is 0.206. The van der Waals surface area contributed by atoms with Crippen LogP contribution < -0.4 is 25.0 Å². The number of carbonyl (C=O) groups is 2. The van der Waals surface area contributed by atoms with E-state index in [4.69, 9.17) is 4.74 Å². The van der Waals surface area contributed by atoms with E-state index in [9.17, 15) is 18.0 Å². The third-order valence-electron chi connectivity index (χ3n) is 6.38. The second-order valence-corrected chi connectivity index (χ2v) is 11.7. The van der Waals surface area contributed by atoms with Crippen molar-refractivity contribution >= 4 is 44.7 Å². The highest BCUT2D eigenvalue weighted by Gasteiger charge is 2.22. The highest BCUT2D eigenvalue weighted by atomic mass is 32.2. The van der Waals surface area contributed by atoms with Gasteiger partial charge in [0.2, 0.25) is 0 Å². The minimum atomic E-state index is -4.13. The molecule has 0 unspecified atom stereocenters. The topological polar surface area (TPSA) is 120 Å². The maximum Gasteiger partial charge on any atom is 0.323 e. The summed E-state index contributed by atoms with van der Waals surface area (Å²) in [5.74, 6) is 0.0273. The van der Waals surface area contributed by atoms with E-state index in [2.05, 4.69) is 15.4 Å². The van der Waals surface area contributed by atoms with Crippen molar-refractivity contribution in [3.05, 3.63) is 96.6 Å². The van der Waals surface area contributed by atoms with Gasteiger partial charge >= 0.3 is 6.03 Å². The number of sulfonamides is 1. The lowest BCUT2D eigenvalue weighted by atomic mass is 10.0. The first-order valence-corrected chi connectivity index (χ1v) is 15.0. The normalized spacial score (nSPS) is 10.9. The van der Waals surface area contributed by atoms with Crippen molar-refractivity contribution in [1.82, 2.24) is 4.90 Å². The zero-order valence-electron chi connectivity index (χ0n) is 24.7. The zero-order valence-corrected chi connectivity index (χ0v) is 25.5. The summed E-state index contributed by atoms with van der Waals surface area (Å²) >= 11 is 0. The third-order valence-corrected chi connectivity index (χ3v) is 7.78. The molecule has 0 fully saturated rings. The van der Waals surface area contributed by atoms with Gasteiger partial charge in [-0.25, -0.2) is 13.2 Å². The summed E-state index contributed by atoms with van der Waals surface area (Å²) in [6.45, 7) is 2.03. The summed E-state index contributed by atoms with van der Waals surface area (Å²) in [5, 5.41) is 5.52. The molecule has 10 nitrogen and oxygen atoms in total. The van der Waals surface area contributed by atoms with Crippen LogP contribution in [0.4, 0.5) is 27.5 Å². The number of hydrogen-bond donors (Lipinski definition) is 3. The van der Waals surface area contributed by atoms with Crippen molar-refractivity contribution in [2.24, 2.45) is 0 Å². The molecule has 0 bridgehead atoms. The molecule has 0 radical (unpaired) electrons. The van der Waals surface area contributed by atoms with Crippen LogP contribution >= 0.6 is 0 Å². The summed E-state index contributed by atoms with van der Waals surface area (Å²) in [6, 6.07) is 25.2. The molecule has 0 aliphatic rings. The predicted octanol–water partition coefficient (Wildman–Crippen LogP) is 5.96. The molecule has 0 aromatic heterocycles. The highest BCUT2D eigenvalue weighted by molar-refractivity contribution is 7.92. The molecule has 0 atom stereocenters. The monoisotopic (exact) mass is 601 g/mol. The third kappa shape index (κ3) is 7.83. The number of hydrogen-bond acceptors (Lipinski definition) is 6. The highest BCUT2D eigenvalue weighted by Crippen LogP contribution is 2.32. The zero-order chi connectivity index (χ0) is 31.1. The second kappa shape index (κ2) is 13.3. The minimum absolute atomic E-state index is 0.0620. The fourth-order valence-corrected chi connectivity index (χ4v) is 5.51. The van der Waals surface area contributed by atoms with Crippen LogP contribution in [0, 0.1) is 0 Å². The molecule has 3 N–H and O–H groups in total. The Bertz CT molecular complexity index is 1740. The second-order valence-electron chi connectivity index (χ2n) is 10.1. The maximum atomic E-state index is 13.7. The van der Waals surface area contributed by atoms with Crippen LogP contribution in [-0.4, -0.2) is 60.1 Å². The van der Waals surface area contributed by atoms with E-state index in [1.54, 1.807) is 75.6 Å². The number of urea groups is 1. The summed E-state index contributed by atoms with van der Waals surface area (Å²) < 4.78 is 35.5. The van der Waals surface area contributed by atoms with E-state index >= 15 is 0 Å². The molecule has 4 rings (SSSR count). The molecular weight excluding hydrogens is 566 g/mol. The van der Waals surface area contributed by atoms with Crippen LogP contribution in [0.25, 0.3) is 11.1 Å². The smallest absolute Gasteiger partial charge is 0.323 e. The Morgan fingerprint density at radius 1 is 0.744 bits per heavy atom. The number of ether oxygens (including phenoxy) is 1. The lowest BCUT2D eigenvalue weighted by Gasteiger charge is -2.16. The van der Waals surface area contributed by atoms with Crippen molar-refractivity contribution in [3.63, 3.8) is 0 Å². The van der Waals surface area contributed by atoms with E-state index in [-0.39, 0.29) is 28.8 Å². The van der Waals surface area contributed by atoms with Crippen LogP contribution in [0.3, 0.4) is 0 Å². The molecule has 224 valence electrons. The van der Waals surface area contributed by atoms with Crippen molar-refractivity contribution in [3.8, 4) is 16.9 Å². The molecule has 0 saturated heterocycles. The first kappa shape index (κ1) is 30.9. The minimum Gasteiger partial charge on any atom is -0.492 e. The maximum absolute atomic E-state index is 13.7. The number of nitrogens with zero attached hydrogens (tertiary/aromatic N) is 2. The van der Waals surface area contributed by atoms with Crippen molar-refractivity contribution in [1.29, 1.82) is 0 Å². The van der Waals surface area contributed by atoms with Gasteiger partial charge < -0.3 is 25.2 Å². The number of rotatable bonds is 10. The molecule has 0 saturated carbocycles. The molecule has 0 aliphatic heterocycles. The number of nitrogens with one attached hydrogen (secondary N) is 3. The van der Waals surface area contributed by atoms with Crippen molar-refractivity contribution in [2.45, 2.75) is 11.8 Å². The molecule has 4 aromatic rings. The average Bonchev–Trinajstić information content (AvgIpc) is 2.97. The largest absolute Gasteiger partial charge is 0.492 e. The van der Waals surface area contributed by atoms with Crippen LogP contribution in [0.15, 0.2) is 95.9 Å². The van der Waals surface area contributed by atoms with Crippen LogP contribution in [-0.2, 0) is 10.0 Å². The van der Waals surface area contributed by atoms with Crippen molar-refractivity contribution in [2.75, 3.05) is 55.1 Å². The SMILES string of the molecule is CCOc1ccc(-c2cccc(C(=O)N(C)C)c2)cc1S(=O)(=O)Nc1cccc(NC(=O)Nc2cccc(N(C)C)c2)c1. The fourth-order valence-electron chi connectivity index (χ4n) is 4.29. The van der Waals surface area contributed by atoms with Gasteiger partial charge in [0, 0.05) is 50.8 Å². The van der Waals surface area contributed by atoms with Gasteiger partial charge in [0.1, 0.15) is 10.6 Å². The molecule has 3 amide bonds. The Labute approximate surface area is 252 Å². The molecule has 0 heterocycles. The molecule has 4 aromatic carbocycles. The Balaban J connectivity index is 1.57. The van der Waals surface area contributed by atoms with Gasteiger partial charge in [-0.3, -0.25) is 9.52 Å². The summed E-state index contributed by atoms with van der Waals surface area (Å²) in [4.78, 5) is 28.5. The Morgan fingerprint density at radius 3 is 2.05 bits per heavy atom. The van der Waals surface area contributed by atoms with Gasteiger partial charge in [-0.1, -0.05) is 30.3 Å².